The molecule has 2 heterocycles. The Morgan fingerprint density at radius 1 is 1.21 bits per heavy atom. The zero-order chi connectivity index (χ0) is 10.6. The van der Waals surface area contributed by atoms with Gasteiger partial charge in [-0.05, 0) is 19.1 Å². The van der Waals surface area contributed by atoms with E-state index in [0.717, 1.165) is 17.2 Å². The van der Waals surface area contributed by atoms with E-state index in [9.17, 15) is 0 Å². The predicted octanol–water partition coefficient (Wildman–Crippen LogP) is 2.07. The van der Waals surface area contributed by atoms with Crippen LogP contribution in [0.5, 0.6) is 5.75 Å². The van der Waals surface area contributed by atoms with Crippen LogP contribution in [0.25, 0.3) is 5.65 Å². The normalized spacial score (nSPS) is 9.43. The highest BCUT2D eigenvalue weighted by atomic mass is 16.5. The molecule has 0 saturated carbocycles. The van der Waals surface area contributed by atoms with Gasteiger partial charge in [0, 0.05) is 0 Å². The van der Waals surface area contributed by atoms with E-state index in [2.05, 4.69) is 10.2 Å². The van der Waals surface area contributed by atoms with E-state index in [0.29, 0.717) is 0 Å². The molecule has 0 aromatic carbocycles. The van der Waals surface area contributed by atoms with Gasteiger partial charge >= 0.3 is 0 Å². The molecule has 0 saturated heterocycles. The molecule has 0 unspecified atom stereocenters. The smallest absolute Gasteiger partial charge is 0.161 e. The Morgan fingerprint density at radius 2 is 1.93 bits per heavy atom. The van der Waals surface area contributed by atoms with E-state index < -0.39 is 0 Å². The van der Waals surface area contributed by atoms with Gasteiger partial charge in [-0.2, -0.15) is 0 Å². The lowest BCUT2D eigenvalue weighted by atomic mass is 10.4. The van der Waals surface area contributed by atoms with Crippen LogP contribution < -0.4 is 4.74 Å². The van der Waals surface area contributed by atoms with Gasteiger partial charge in [0.05, 0.1) is 13.3 Å². The summed E-state index contributed by atoms with van der Waals surface area (Å²) in [6.07, 6.45) is 1.87. The number of aromatic nitrogens is 3. The van der Waals surface area contributed by atoms with E-state index in [1.807, 2.05) is 43.5 Å². The molecule has 0 radical (unpaired) electrons. The molecule has 0 aliphatic carbocycles. The zero-order valence-corrected chi connectivity index (χ0v) is 8.98. The highest BCUT2D eigenvalue weighted by molar-refractivity contribution is 5.41. The first-order chi connectivity index (χ1) is 6.81. The average molecular weight is 193 g/mol. The van der Waals surface area contributed by atoms with Crippen LogP contribution in [0.1, 0.15) is 19.7 Å². The first-order valence-electron chi connectivity index (χ1n) is 4.66. The molecule has 0 amide bonds. The Bertz CT molecular complexity index is 409. The standard InChI is InChI=1S/C8H9N3O.C2H6/c1-6-9-10-8-4-3-7(12-2)5-11(6)8;1-2/h3-5H,1-2H3;1-2H3. The van der Waals surface area contributed by atoms with E-state index in [1.54, 1.807) is 7.11 Å². The molecule has 0 atom stereocenters. The molecule has 4 heteroatoms. The molecule has 0 aliphatic heterocycles. The lowest BCUT2D eigenvalue weighted by Crippen LogP contribution is -1.90. The summed E-state index contributed by atoms with van der Waals surface area (Å²) in [6, 6.07) is 3.74. The highest BCUT2D eigenvalue weighted by Gasteiger charge is 2.00. The lowest BCUT2D eigenvalue weighted by molar-refractivity contribution is 0.412. The second-order valence-electron chi connectivity index (χ2n) is 2.54. The molecule has 4 nitrogen and oxygen atoms in total. The monoisotopic (exact) mass is 193 g/mol. The number of methoxy groups -OCH3 is 1. The summed E-state index contributed by atoms with van der Waals surface area (Å²) in [6.45, 7) is 5.90. The van der Waals surface area contributed by atoms with Gasteiger partial charge in [0.2, 0.25) is 0 Å². The number of nitrogens with zero attached hydrogens (tertiary/aromatic N) is 3. The van der Waals surface area contributed by atoms with E-state index >= 15 is 0 Å². The van der Waals surface area contributed by atoms with Gasteiger partial charge in [0.25, 0.3) is 0 Å². The zero-order valence-electron chi connectivity index (χ0n) is 8.98. The van der Waals surface area contributed by atoms with Crippen molar-refractivity contribution < 1.29 is 4.74 Å². The molecule has 0 bridgehead atoms. The van der Waals surface area contributed by atoms with Gasteiger partial charge in [-0.3, -0.25) is 4.40 Å². The van der Waals surface area contributed by atoms with Crippen LogP contribution in [0.15, 0.2) is 18.3 Å². The second-order valence-corrected chi connectivity index (χ2v) is 2.54. The molecule has 0 aliphatic rings. The van der Waals surface area contributed by atoms with Crippen LogP contribution in [-0.2, 0) is 0 Å². The highest BCUT2D eigenvalue weighted by Crippen LogP contribution is 2.11. The van der Waals surface area contributed by atoms with Gasteiger partial charge in [-0.25, -0.2) is 0 Å². The third kappa shape index (κ3) is 1.84. The van der Waals surface area contributed by atoms with Crippen LogP contribution >= 0.6 is 0 Å². The van der Waals surface area contributed by atoms with Crippen molar-refractivity contribution in [1.29, 1.82) is 0 Å². The van der Waals surface area contributed by atoms with Crippen molar-refractivity contribution in [3.8, 4) is 5.75 Å². The van der Waals surface area contributed by atoms with E-state index in [4.69, 9.17) is 4.74 Å². The number of fused-ring (bicyclic) bond motifs is 1. The summed E-state index contributed by atoms with van der Waals surface area (Å²) < 4.78 is 6.96. The maximum Gasteiger partial charge on any atom is 0.161 e. The van der Waals surface area contributed by atoms with Crippen molar-refractivity contribution in [2.75, 3.05) is 7.11 Å². The lowest BCUT2D eigenvalue weighted by Gasteiger charge is -1.99. The van der Waals surface area contributed by atoms with Crippen LogP contribution in [0.4, 0.5) is 0 Å². The van der Waals surface area contributed by atoms with Gasteiger partial charge in [0.1, 0.15) is 11.6 Å². The molecule has 76 valence electrons. The third-order valence-electron chi connectivity index (χ3n) is 1.78. The van der Waals surface area contributed by atoms with Crippen LogP contribution in [0, 0.1) is 6.92 Å². The summed E-state index contributed by atoms with van der Waals surface area (Å²) in [5.41, 5.74) is 0.841. The summed E-state index contributed by atoms with van der Waals surface area (Å²) in [5.74, 6) is 1.68. The first kappa shape index (κ1) is 10.5. The molecular formula is C10H15N3O. The number of ether oxygens (including phenoxy) is 1. The molecule has 0 N–H and O–H groups in total. The number of hydrogen-bond donors (Lipinski definition) is 0. The molecular weight excluding hydrogens is 178 g/mol. The Kier molecular flexibility index (Phi) is 3.45. The topological polar surface area (TPSA) is 39.4 Å². The minimum absolute atomic E-state index is 0.811. The molecule has 0 spiro atoms. The Morgan fingerprint density at radius 3 is 2.57 bits per heavy atom. The molecule has 2 aromatic rings. The summed E-state index contributed by atoms with van der Waals surface area (Å²) in [4.78, 5) is 0. The minimum atomic E-state index is 0.811. The van der Waals surface area contributed by atoms with Gasteiger partial charge in [-0.15, -0.1) is 10.2 Å². The number of hydrogen-bond acceptors (Lipinski definition) is 3. The minimum Gasteiger partial charge on any atom is -0.495 e. The Labute approximate surface area is 83.5 Å². The fraction of sp³-hybridized carbons (Fsp3) is 0.400. The van der Waals surface area contributed by atoms with E-state index in [1.165, 1.54) is 0 Å². The van der Waals surface area contributed by atoms with Crippen LogP contribution in [-0.4, -0.2) is 21.7 Å². The van der Waals surface area contributed by atoms with Gasteiger partial charge in [-0.1, -0.05) is 13.8 Å². The molecule has 2 aromatic heterocycles. The number of pyridine rings is 1. The maximum absolute atomic E-state index is 5.07. The Hall–Kier alpha value is -1.58. The van der Waals surface area contributed by atoms with E-state index in [-0.39, 0.29) is 0 Å². The second kappa shape index (κ2) is 4.60. The quantitative estimate of drug-likeness (QED) is 0.696. The maximum atomic E-state index is 5.07. The van der Waals surface area contributed by atoms with Crippen LogP contribution in [0.3, 0.4) is 0 Å². The molecule has 2 rings (SSSR count). The van der Waals surface area contributed by atoms with Gasteiger partial charge < -0.3 is 4.74 Å². The van der Waals surface area contributed by atoms with Crippen molar-refractivity contribution in [2.45, 2.75) is 20.8 Å². The predicted molar refractivity (Wildman–Crippen MR) is 55.6 cm³/mol. The van der Waals surface area contributed by atoms with Crippen molar-refractivity contribution in [1.82, 2.24) is 14.6 Å². The van der Waals surface area contributed by atoms with Gasteiger partial charge in [0.15, 0.2) is 5.65 Å². The van der Waals surface area contributed by atoms with Crippen LogP contribution in [0.2, 0.25) is 0 Å². The van der Waals surface area contributed by atoms with Crippen molar-refractivity contribution in [3.05, 3.63) is 24.2 Å². The fourth-order valence-corrected chi connectivity index (χ4v) is 1.11. The average Bonchev–Trinajstić information content (AvgIpc) is 2.63. The molecule has 0 fully saturated rings. The number of rotatable bonds is 1. The van der Waals surface area contributed by atoms with Crippen molar-refractivity contribution >= 4 is 5.65 Å². The summed E-state index contributed by atoms with van der Waals surface area (Å²) in [5, 5.41) is 7.88. The first-order valence-corrected chi connectivity index (χ1v) is 4.66. The van der Waals surface area contributed by atoms with Crippen molar-refractivity contribution in [2.24, 2.45) is 0 Å². The SMILES string of the molecule is CC.COc1ccc2nnc(C)n2c1. The molecule has 14 heavy (non-hydrogen) atoms. The van der Waals surface area contributed by atoms with Crippen molar-refractivity contribution in [3.63, 3.8) is 0 Å². The largest absolute Gasteiger partial charge is 0.495 e. The summed E-state index contributed by atoms with van der Waals surface area (Å²) in [7, 11) is 1.64. The fourth-order valence-electron chi connectivity index (χ4n) is 1.11. The number of aryl methyl sites for hydroxylation is 1. The summed E-state index contributed by atoms with van der Waals surface area (Å²) >= 11 is 0. The third-order valence-corrected chi connectivity index (χ3v) is 1.78. The Balaban J connectivity index is 0.000000461.